The molecule has 4 heteroatoms. The topological polar surface area (TPSA) is 50.4 Å². The highest BCUT2D eigenvalue weighted by atomic mass is 16.5. The van der Waals surface area contributed by atoms with E-state index in [1.54, 1.807) is 0 Å². The Morgan fingerprint density at radius 1 is 1.33 bits per heavy atom. The monoisotopic (exact) mass is 248 g/mol. The number of carbonyl (C=O) groups excluding carboxylic acids is 1. The van der Waals surface area contributed by atoms with Gasteiger partial charge in [0.15, 0.2) is 0 Å². The Kier molecular flexibility index (Phi) is 6.58. The minimum absolute atomic E-state index is 0.0437. The first kappa shape index (κ1) is 14.3. The Hall–Kier alpha value is -1.81. The fourth-order valence-electron chi connectivity index (χ4n) is 1.31. The summed E-state index contributed by atoms with van der Waals surface area (Å²) in [4.78, 5) is 11.5. The molecule has 0 aliphatic heterocycles. The van der Waals surface area contributed by atoms with Crippen LogP contribution < -0.4 is 10.6 Å². The van der Waals surface area contributed by atoms with E-state index in [0.29, 0.717) is 19.8 Å². The molecule has 0 atom stereocenters. The number of hydrogen-bond donors (Lipinski definition) is 2. The SMILES string of the molecule is C=C(C)COCCNC(=O)CNc1ccccc1. The first-order chi connectivity index (χ1) is 8.68. The lowest BCUT2D eigenvalue weighted by Gasteiger charge is -2.08. The molecule has 18 heavy (non-hydrogen) atoms. The summed E-state index contributed by atoms with van der Waals surface area (Å²) in [6, 6.07) is 9.62. The number of rotatable bonds is 8. The minimum atomic E-state index is -0.0437. The van der Waals surface area contributed by atoms with Crippen LogP contribution in [0, 0.1) is 0 Å². The van der Waals surface area contributed by atoms with Crippen molar-refractivity contribution in [1.29, 1.82) is 0 Å². The molecule has 4 nitrogen and oxygen atoms in total. The number of hydrogen-bond acceptors (Lipinski definition) is 3. The summed E-state index contributed by atoms with van der Waals surface area (Å²) in [6.07, 6.45) is 0. The average Bonchev–Trinajstić information content (AvgIpc) is 2.37. The molecule has 0 saturated carbocycles. The van der Waals surface area contributed by atoms with Gasteiger partial charge in [-0.2, -0.15) is 0 Å². The van der Waals surface area contributed by atoms with E-state index in [9.17, 15) is 4.79 Å². The van der Waals surface area contributed by atoms with Crippen molar-refractivity contribution >= 4 is 11.6 Å². The van der Waals surface area contributed by atoms with E-state index in [2.05, 4.69) is 17.2 Å². The molecule has 0 aliphatic carbocycles. The van der Waals surface area contributed by atoms with Gasteiger partial charge in [0.1, 0.15) is 0 Å². The van der Waals surface area contributed by atoms with Gasteiger partial charge in [0.05, 0.1) is 19.8 Å². The highest BCUT2D eigenvalue weighted by Gasteiger charge is 1.99. The maximum atomic E-state index is 11.5. The highest BCUT2D eigenvalue weighted by molar-refractivity contribution is 5.80. The zero-order chi connectivity index (χ0) is 13.2. The first-order valence-electron chi connectivity index (χ1n) is 5.96. The van der Waals surface area contributed by atoms with Crippen molar-refractivity contribution in [3.05, 3.63) is 42.5 Å². The summed E-state index contributed by atoms with van der Waals surface area (Å²) in [5.41, 5.74) is 1.92. The van der Waals surface area contributed by atoms with Crippen LogP contribution >= 0.6 is 0 Å². The summed E-state index contributed by atoms with van der Waals surface area (Å²) in [5, 5.41) is 5.81. The molecule has 0 spiro atoms. The Bertz CT molecular complexity index is 377. The lowest BCUT2D eigenvalue weighted by atomic mass is 10.3. The third-order valence-corrected chi connectivity index (χ3v) is 2.14. The third-order valence-electron chi connectivity index (χ3n) is 2.14. The van der Waals surface area contributed by atoms with E-state index in [4.69, 9.17) is 4.74 Å². The molecule has 1 rings (SSSR count). The second kappa shape index (κ2) is 8.31. The summed E-state index contributed by atoms with van der Waals surface area (Å²) < 4.78 is 5.27. The molecule has 0 fully saturated rings. The van der Waals surface area contributed by atoms with Gasteiger partial charge in [-0.15, -0.1) is 0 Å². The fourth-order valence-corrected chi connectivity index (χ4v) is 1.31. The molecule has 0 unspecified atom stereocenters. The Labute approximate surface area is 108 Å². The van der Waals surface area contributed by atoms with Gasteiger partial charge in [0.2, 0.25) is 5.91 Å². The van der Waals surface area contributed by atoms with Crippen LogP contribution in [-0.2, 0) is 9.53 Å². The van der Waals surface area contributed by atoms with Crippen LogP contribution in [0.5, 0.6) is 0 Å². The highest BCUT2D eigenvalue weighted by Crippen LogP contribution is 2.03. The molecule has 0 aromatic heterocycles. The van der Waals surface area contributed by atoms with Crippen molar-refractivity contribution in [2.24, 2.45) is 0 Å². The third kappa shape index (κ3) is 6.70. The average molecular weight is 248 g/mol. The van der Waals surface area contributed by atoms with E-state index in [1.165, 1.54) is 0 Å². The van der Waals surface area contributed by atoms with Gasteiger partial charge >= 0.3 is 0 Å². The van der Waals surface area contributed by atoms with E-state index < -0.39 is 0 Å². The van der Waals surface area contributed by atoms with Crippen molar-refractivity contribution in [2.45, 2.75) is 6.92 Å². The van der Waals surface area contributed by atoms with Crippen LogP contribution in [-0.4, -0.2) is 32.2 Å². The smallest absolute Gasteiger partial charge is 0.239 e. The molecule has 0 bridgehead atoms. The number of carbonyl (C=O) groups is 1. The predicted molar refractivity (Wildman–Crippen MR) is 73.6 cm³/mol. The number of nitrogens with one attached hydrogen (secondary N) is 2. The van der Waals surface area contributed by atoms with Crippen molar-refractivity contribution in [2.75, 3.05) is 31.6 Å². The predicted octanol–water partition coefficient (Wildman–Crippen LogP) is 1.81. The normalized spacial score (nSPS) is 9.83. The quantitative estimate of drug-likeness (QED) is 0.545. The van der Waals surface area contributed by atoms with Crippen molar-refractivity contribution in [1.82, 2.24) is 5.32 Å². The Morgan fingerprint density at radius 3 is 2.72 bits per heavy atom. The lowest BCUT2D eigenvalue weighted by molar-refractivity contribution is -0.119. The van der Waals surface area contributed by atoms with Crippen LogP contribution in [0.15, 0.2) is 42.5 Å². The zero-order valence-electron chi connectivity index (χ0n) is 10.7. The molecule has 1 amide bonds. The van der Waals surface area contributed by atoms with E-state index >= 15 is 0 Å². The second-order valence-corrected chi connectivity index (χ2v) is 4.08. The number of ether oxygens (including phenoxy) is 1. The number of para-hydroxylation sites is 1. The molecule has 0 aliphatic rings. The molecule has 0 radical (unpaired) electrons. The maximum Gasteiger partial charge on any atom is 0.239 e. The van der Waals surface area contributed by atoms with Gasteiger partial charge in [-0.05, 0) is 19.1 Å². The molecule has 0 heterocycles. The summed E-state index contributed by atoms with van der Waals surface area (Å²) in [6.45, 7) is 7.46. The number of amides is 1. The summed E-state index contributed by atoms with van der Waals surface area (Å²) in [5.74, 6) is -0.0437. The van der Waals surface area contributed by atoms with Crippen molar-refractivity contribution < 1.29 is 9.53 Å². The van der Waals surface area contributed by atoms with Crippen LogP contribution in [0.4, 0.5) is 5.69 Å². The molecular weight excluding hydrogens is 228 g/mol. The Morgan fingerprint density at radius 2 is 2.06 bits per heavy atom. The first-order valence-corrected chi connectivity index (χ1v) is 5.96. The number of anilines is 1. The van der Waals surface area contributed by atoms with Gasteiger partial charge in [0.25, 0.3) is 0 Å². The van der Waals surface area contributed by atoms with Crippen LogP contribution in [0.25, 0.3) is 0 Å². The zero-order valence-corrected chi connectivity index (χ0v) is 10.7. The Balaban J connectivity index is 2.06. The molecule has 1 aromatic rings. The molecule has 1 aromatic carbocycles. The standard InChI is InChI=1S/C14H20N2O2/c1-12(2)11-18-9-8-15-14(17)10-16-13-6-4-3-5-7-13/h3-7,16H,1,8-11H2,2H3,(H,15,17). The van der Waals surface area contributed by atoms with Crippen molar-refractivity contribution in [3.63, 3.8) is 0 Å². The van der Waals surface area contributed by atoms with E-state index in [0.717, 1.165) is 11.3 Å². The second-order valence-electron chi connectivity index (χ2n) is 4.08. The summed E-state index contributed by atoms with van der Waals surface area (Å²) in [7, 11) is 0. The minimum Gasteiger partial charge on any atom is -0.376 e. The van der Waals surface area contributed by atoms with Crippen LogP contribution in [0.2, 0.25) is 0 Å². The molecule has 0 saturated heterocycles. The van der Waals surface area contributed by atoms with Crippen molar-refractivity contribution in [3.8, 4) is 0 Å². The van der Waals surface area contributed by atoms with Gasteiger partial charge < -0.3 is 15.4 Å². The van der Waals surface area contributed by atoms with Gasteiger partial charge in [-0.25, -0.2) is 0 Å². The van der Waals surface area contributed by atoms with Crippen LogP contribution in [0.1, 0.15) is 6.92 Å². The number of benzene rings is 1. The van der Waals surface area contributed by atoms with Crippen LogP contribution in [0.3, 0.4) is 0 Å². The van der Waals surface area contributed by atoms with E-state index in [1.807, 2.05) is 37.3 Å². The lowest BCUT2D eigenvalue weighted by Crippen LogP contribution is -2.32. The van der Waals surface area contributed by atoms with Gasteiger partial charge in [-0.1, -0.05) is 30.4 Å². The summed E-state index contributed by atoms with van der Waals surface area (Å²) >= 11 is 0. The van der Waals surface area contributed by atoms with Gasteiger partial charge in [0, 0.05) is 12.2 Å². The van der Waals surface area contributed by atoms with Gasteiger partial charge in [-0.3, -0.25) is 4.79 Å². The molecule has 2 N–H and O–H groups in total. The fraction of sp³-hybridized carbons (Fsp3) is 0.357. The largest absolute Gasteiger partial charge is 0.376 e. The maximum absolute atomic E-state index is 11.5. The molecule has 98 valence electrons. The van der Waals surface area contributed by atoms with E-state index in [-0.39, 0.29) is 12.5 Å². The molecular formula is C14H20N2O2.